The van der Waals surface area contributed by atoms with E-state index in [1.54, 1.807) is 12.1 Å². The van der Waals surface area contributed by atoms with Crippen molar-refractivity contribution in [3.05, 3.63) is 46.4 Å². The van der Waals surface area contributed by atoms with Crippen LogP contribution in [0.5, 0.6) is 5.75 Å². The van der Waals surface area contributed by atoms with Crippen molar-refractivity contribution in [2.45, 2.75) is 11.3 Å². The van der Waals surface area contributed by atoms with E-state index in [0.29, 0.717) is 44.2 Å². The van der Waals surface area contributed by atoms with E-state index in [2.05, 4.69) is 4.98 Å². The van der Waals surface area contributed by atoms with Gasteiger partial charge in [-0.15, -0.1) is 0 Å². The van der Waals surface area contributed by atoms with Gasteiger partial charge < -0.3 is 9.64 Å². The molecule has 1 heterocycles. The van der Waals surface area contributed by atoms with Crippen LogP contribution in [0.2, 0.25) is 10.0 Å². The maximum atomic E-state index is 13.1. The van der Waals surface area contributed by atoms with Gasteiger partial charge in [0.05, 0.1) is 27.5 Å². The van der Waals surface area contributed by atoms with Gasteiger partial charge in [0.2, 0.25) is 5.91 Å². The molecule has 1 aromatic heterocycles. The lowest BCUT2D eigenvalue weighted by Gasteiger charge is -2.22. The minimum absolute atomic E-state index is 0.131. The topological polar surface area (TPSA) is 79.8 Å². The molecule has 2 aromatic carbocycles. The molecule has 0 unspecified atom stereocenters. The molecule has 0 aliphatic heterocycles. The second-order valence-electron chi connectivity index (χ2n) is 7.30. The molecule has 172 valence electrons. The summed E-state index contributed by atoms with van der Waals surface area (Å²) in [7, 11) is 1.69. The van der Waals surface area contributed by atoms with Crippen LogP contribution in [0.15, 0.2) is 41.3 Å². The third-order valence-electron chi connectivity index (χ3n) is 4.73. The maximum absolute atomic E-state index is 13.1. The highest BCUT2D eigenvalue weighted by molar-refractivity contribution is 7.91. The van der Waals surface area contributed by atoms with Crippen LogP contribution in [0.25, 0.3) is 10.2 Å². The summed E-state index contributed by atoms with van der Waals surface area (Å²) >= 11 is 13.4. The predicted molar refractivity (Wildman–Crippen MR) is 130 cm³/mol. The number of amides is 1. The Hall–Kier alpha value is -1.91. The quantitative estimate of drug-likeness (QED) is 0.420. The first kappa shape index (κ1) is 24.7. The summed E-state index contributed by atoms with van der Waals surface area (Å²) in [6.45, 7) is 0.934. The fourth-order valence-corrected chi connectivity index (χ4v) is 5.62. The first-order chi connectivity index (χ1) is 15.1. The molecular formula is C21H23Cl2N3O4S2. The number of halogens is 2. The molecule has 0 aliphatic carbocycles. The van der Waals surface area contributed by atoms with E-state index in [9.17, 15) is 13.2 Å². The summed E-state index contributed by atoms with van der Waals surface area (Å²) < 4.78 is 31.4. The molecule has 3 aromatic rings. The zero-order valence-corrected chi connectivity index (χ0v) is 21.0. The normalized spacial score (nSPS) is 11.8. The molecule has 1 amide bonds. The highest BCUT2D eigenvalue weighted by Crippen LogP contribution is 2.38. The van der Waals surface area contributed by atoms with Crippen LogP contribution >= 0.6 is 34.5 Å². The third kappa shape index (κ3) is 5.71. The molecule has 0 saturated carbocycles. The lowest BCUT2D eigenvalue weighted by Crippen LogP contribution is -2.37. The van der Waals surface area contributed by atoms with Gasteiger partial charge in [0.15, 0.2) is 15.0 Å². The van der Waals surface area contributed by atoms with Gasteiger partial charge in [-0.1, -0.05) is 34.5 Å². The number of fused-ring (bicyclic) bond motifs is 1. The van der Waals surface area contributed by atoms with Crippen molar-refractivity contribution in [2.24, 2.45) is 0 Å². The second kappa shape index (κ2) is 10.4. The molecule has 0 fully saturated rings. The van der Waals surface area contributed by atoms with Crippen LogP contribution in [-0.2, 0) is 14.6 Å². The molecule has 0 bridgehead atoms. The highest BCUT2D eigenvalue weighted by atomic mass is 35.5. The van der Waals surface area contributed by atoms with Gasteiger partial charge >= 0.3 is 0 Å². The summed E-state index contributed by atoms with van der Waals surface area (Å²) in [6.07, 6.45) is -0.181. The number of ether oxygens (including phenoxy) is 1. The zero-order valence-electron chi connectivity index (χ0n) is 17.8. The fraction of sp³-hybridized carbons (Fsp3) is 0.333. The summed E-state index contributed by atoms with van der Waals surface area (Å²) in [5.74, 6) is -0.100. The Kier molecular flexibility index (Phi) is 8.00. The molecule has 11 heteroatoms. The van der Waals surface area contributed by atoms with Crippen molar-refractivity contribution in [2.75, 3.05) is 44.9 Å². The minimum Gasteiger partial charge on any atom is -0.494 e. The fourth-order valence-electron chi connectivity index (χ4n) is 2.96. The Morgan fingerprint density at radius 1 is 1.09 bits per heavy atom. The zero-order chi connectivity index (χ0) is 23.5. The minimum atomic E-state index is -3.64. The average molecular weight is 516 g/mol. The first-order valence-corrected chi connectivity index (χ1v) is 12.9. The van der Waals surface area contributed by atoms with Crippen molar-refractivity contribution in [3.8, 4) is 5.75 Å². The molecule has 0 saturated heterocycles. The number of carbonyl (C=O) groups excluding carboxylic acids is 1. The molecule has 0 radical (unpaired) electrons. The highest BCUT2D eigenvalue weighted by Gasteiger charge is 2.24. The number of hydrogen-bond donors (Lipinski definition) is 0. The number of sulfone groups is 1. The Labute approximate surface area is 201 Å². The van der Waals surface area contributed by atoms with Gasteiger partial charge in [-0.25, -0.2) is 13.4 Å². The van der Waals surface area contributed by atoms with E-state index < -0.39 is 9.84 Å². The number of benzene rings is 2. The van der Waals surface area contributed by atoms with E-state index in [1.165, 1.54) is 47.6 Å². The van der Waals surface area contributed by atoms with Crippen molar-refractivity contribution >= 4 is 65.6 Å². The van der Waals surface area contributed by atoms with Crippen LogP contribution in [0.3, 0.4) is 0 Å². The number of carbonyl (C=O) groups is 1. The van der Waals surface area contributed by atoms with Gasteiger partial charge in [-0.3, -0.25) is 9.69 Å². The van der Waals surface area contributed by atoms with Gasteiger partial charge in [-0.2, -0.15) is 0 Å². The van der Waals surface area contributed by atoms with Gasteiger partial charge in [0.1, 0.15) is 11.3 Å². The smallest absolute Gasteiger partial charge is 0.229 e. The van der Waals surface area contributed by atoms with Gasteiger partial charge in [0.25, 0.3) is 0 Å². The molecule has 0 spiro atoms. The lowest BCUT2D eigenvalue weighted by molar-refractivity contribution is -0.118. The molecule has 3 rings (SSSR count). The van der Waals surface area contributed by atoms with Crippen molar-refractivity contribution < 1.29 is 17.9 Å². The first-order valence-electron chi connectivity index (χ1n) is 9.69. The second-order valence-corrected chi connectivity index (χ2v) is 11.2. The molecule has 32 heavy (non-hydrogen) atoms. The standard InChI is InChI=1S/C21H23Cl2N3O4S2/c1-25(2)11-12-26(21-24-19-17(30-3)9-8-16(23)20(19)31-21)18(27)10-13-32(28,29)15-6-4-14(22)5-7-15/h4-9H,10-13H2,1-3H3. The number of hydrogen-bond acceptors (Lipinski definition) is 7. The van der Waals surface area contributed by atoms with E-state index in [1.807, 2.05) is 19.0 Å². The number of methoxy groups -OCH3 is 1. The Morgan fingerprint density at radius 3 is 2.41 bits per heavy atom. The largest absolute Gasteiger partial charge is 0.494 e. The number of thiazole rings is 1. The summed E-state index contributed by atoms with van der Waals surface area (Å²) in [4.78, 5) is 21.3. The molecule has 7 nitrogen and oxygen atoms in total. The van der Waals surface area contributed by atoms with E-state index in [-0.39, 0.29) is 23.0 Å². The van der Waals surface area contributed by atoms with Crippen LogP contribution in [0, 0.1) is 0 Å². The van der Waals surface area contributed by atoms with Crippen LogP contribution in [0.1, 0.15) is 6.42 Å². The Morgan fingerprint density at radius 2 is 1.78 bits per heavy atom. The van der Waals surface area contributed by atoms with E-state index >= 15 is 0 Å². The molecule has 0 aliphatic rings. The van der Waals surface area contributed by atoms with Crippen molar-refractivity contribution in [3.63, 3.8) is 0 Å². The lowest BCUT2D eigenvalue weighted by atomic mass is 10.3. The summed E-state index contributed by atoms with van der Waals surface area (Å²) in [6, 6.07) is 9.34. The van der Waals surface area contributed by atoms with Crippen molar-refractivity contribution in [1.29, 1.82) is 0 Å². The van der Waals surface area contributed by atoms with Gasteiger partial charge in [0, 0.05) is 24.5 Å². The number of nitrogens with zero attached hydrogens (tertiary/aromatic N) is 3. The van der Waals surface area contributed by atoms with E-state index in [0.717, 1.165) is 0 Å². The SMILES string of the molecule is COc1ccc(Cl)c2sc(N(CCN(C)C)C(=O)CCS(=O)(=O)c3ccc(Cl)cc3)nc12. The van der Waals surface area contributed by atoms with Crippen LogP contribution < -0.4 is 9.64 Å². The van der Waals surface area contributed by atoms with Crippen LogP contribution in [0.4, 0.5) is 5.13 Å². The monoisotopic (exact) mass is 515 g/mol. The average Bonchev–Trinajstić information content (AvgIpc) is 3.19. The Balaban J connectivity index is 1.87. The number of aromatic nitrogens is 1. The van der Waals surface area contributed by atoms with E-state index in [4.69, 9.17) is 27.9 Å². The number of rotatable bonds is 9. The number of likely N-dealkylation sites (N-methyl/N-ethyl adjacent to an activating group) is 1. The Bertz CT molecular complexity index is 1210. The predicted octanol–water partition coefficient (Wildman–Crippen LogP) is 4.37. The number of anilines is 1. The molecule has 0 N–H and O–H groups in total. The summed E-state index contributed by atoms with van der Waals surface area (Å²) in [5, 5.41) is 1.40. The molecule has 0 atom stereocenters. The third-order valence-corrected chi connectivity index (χ3v) is 8.25. The van der Waals surface area contributed by atoms with Crippen LogP contribution in [-0.4, -0.2) is 64.3 Å². The van der Waals surface area contributed by atoms with Gasteiger partial charge in [-0.05, 0) is 50.5 Å². The maximum Gasteiger partial charge on any atom is 0.229 e. The van der Waals surface area contributed by atoms with Crippen molar-refractivity contribution in [1.82, 2.24) is 9.88 Å². The molecular weight excluding hydrogens is 493 g/mol. The summed E-state index contributed by atoms with van der Waals surface area (Å²) in [5.41, 5.74) is 0.566.